The second-order valence-corrected chi connectivity index (χ2v) is 10.7. The van der Waals surface area contributed by atoms with Gasteiger partial charge in [0.1, 0.15) is 6.61 Å². The van der Waals surface area contributed by atoms with Gasteiger partial charge in [-0.1, -0.05) is 24.3 Å². The van der Waals surface area contributed by atoms with Gasteiger partial charge in [0.25, 0.3) is 0 Å². The molecule has 3 aromatic carbocycles. The average molecular weight is 705 g/mol. The Hall–Kier alpha value is -4.16. The fourth-order valence-electron chi connectivity index (χ4n) is 3.70. The standard InChI is InChI=1S/C29H23F3IN5O3S/c1-2-40-25-11-18(10-24(33)27(25)41-16-20-7-4-3-6-19(20)14-34)15-35-38-26(39)13-23-17-42-28(37-23)36-22-9-5-8-21(12-22)29(30,31)32/h3-12,15,17H,2,13,16H2,1H3,(H,36,37)(H,38,39)/b35-15-. The normalized spacial score (nSPS) is 11.2. The highest BCUT2D eigenvalue weighted by atomic mass is 127. The lowest BCUT2D eigenvalue weighted by Crippen LogP contribution is -2.20. The van der Waals surface area contributed by atoms with Crippen molar-refractivity contribution < 1.29 is 27.4 Å². The molecule has 2 N–H and O–H groups in total. The predicted molar refractivity (Wildman–Crippen MR) is 162 cm³/mol. The van der Waals surface area contributed by atoms with E-state index >= 15 is 0 Å². The maximum absolute atomic E-state index is 13.0. The zero-order valence-electron chi connectivity index (χ0n) is 22.0. The second-order valence-electron chi connectivity index (χ2n) is 8.64. The SMILES string of the molecule is CCOc1cc(/C=N\NC(=O)Cc2csc(Nc3cccc(C(F)(F)F)c3)n2)cc(I)c1OCc1ccccc1C#N. The number of anilines is 2. The molecule has 8 nitrogen and oxygen atoms in total. The van der Waals surface area contributed by atoms with Gasteiger partial charge in [-0.2, -0.15) is 23.5 Å². The number of carbonyl (C=O) groups is 1. The number of halogens is 4. The molecule has 0 radical (unpaired) electrons. The zero-order valence-corrected chi connectivity index (χ0v) is 25.0. The van der Waals surface area contributed by atoms with Crippen LogP contribution in [0.4, 0.5) is 24.0 Å². The molecule has 1 aromatic heterocycles. The van der Waals surface area contributed by atoms with Crippen LogP contribution in [0, 0.1) is 14.9 Å². The summed E-state index contributed by atoms with van der Waals surface area (Å²) in [4.78, 5) is 16.7. The van der Waals surface area contributed by atoms with Gasteiger partial charge in [-0.3, -0.25) is 4.79 Å². The first-order valence-electron chi connectivity index (χ1n) is 12.4. The molecule has 4 aromatic rings. The molecule has 0 bridgehead atoms. The molecule has 42 heavy (non-hydrogen) atoms. The topological polar surface area (TPSA) is 109 Å². The molecule has 1 heterocycles. The van der Waals surface area contributed by atoms with Gasteiger partial charge >= 0.3 is 6.18 Å². The van der Waals surface area contributed by atoms with E-state index < -0.39 is 17.6 Å². The smallest absolute Gasteiger partial charge is 0.416 e. The first kappa shape index (κ1) is 30.8. The fourth-order valence-corrected chi connectivity index (χ4v) is 5.21. The van der Waals surface area contributed by atoms with Gasteiger partial charge in [0.2, 0.25) is 5.91 Å². The van der Waals surface area contributed by atoms with Gasteiger partial charge in [-0.05, 0) is 71.5 Å². The van der Waals surface area contributed by atoms with E-state index in [1.54, 1.807) is 23.6 Å². The number of nitrogens with one attached hydrogen (secondary N) is 2. The molecule has 0 saturated heterocycles. The number of nitrogens with zero attached hydrogens (tertiary/aromatic N) is 3. The lowest BCUT2D eigenvalue weighted by Gasteiger charge is -2.15. The molecule has 0 atom stereocenters. The van der Waals surface area contributed by atoms with Crippen molar-refractivity contribution in [2.24, 2.45) is 5.10 Å². The van der Waals surface area contributed by atoms with Gasteiger partial charge in [0, 0.05) is 16.6 Å². The number of aromatic nitrogens is 1. The van der Waals surface area contributed by atoms with Gasteiger partial charge < -0.3 is 14.8 Å². The van der Waals surface area contributed by atoms with Crippen molar-refractivity contribution in [2.45, 2.75) is 26.1 Å². The highest BCUT2D eigenvalue weighted by Gasteiger charge is 2.30. The third-order valence-electron chi connectivity index (χ3n) is 5.58. The van der Waals surface area contributed by atoms with E-state index in [9.17, 15) is 23.2 Å². The minimum Gasteiger partial charge on any atom is -0.490 e. The molecular formula is C29H23F3IN5O3S. The van der Waals surface area contributed by atoms with Gasteiger partial charge in [-0.25, -0.2) is 10.4 Å². The fraction of sp³-hybridized carbons (Fsp3) is 0.172. The van der Waals surface area contributed by atoms with E-state index in [0.717, 1.165) is 21.3 Å². The van der Waals surface area contributed by atoms with Crippen LogP contribution in [0.3, 0.4) is 0 Å². The Balaban J connectivity index is 1.35. The van der Waals surface area contributed by atoms with E-state index in [-0.39, 0.29) is 18.7 Å². The minimum atomic E-state index is -4.45. The number of amides is 1. The summed E-state index contributed by atoms with van der Waals surface area (Å²) in [5, 5.41) is 18.2. The lowest BCUT2D eigenvalue weighted by atomic mass is 10.1. The van der Waals surface area contributed by atoms with Crippen LogP contribution >= 0.6 is 33.9 Å². The Morgan fingerprint density at radius 2 is 1.98 bits per heavy atom. The van der Waals surface area contributed by atoms with Crippen LogP contribution in [0.15, 0.2) is 71.1 Å². The number of hydrazone groups is 1. The predicted octanol–water partition coefficient (Wildman–Crippen LogP) is 7.05. The van der Waals surface area contributed by atoms with Crippen LogP contribution in [0.2, 0.25) is 0 Å². The van der Waals surface area contributed by atoms with Crippen molar-refractivity contribution in [3.63, 3.8) is 0 Å². The molecule has 0 unspecified atom stereocenters. The van der Waals surface area contributed by atoms with Crippen LogP contribution in [0.25, 0.3) is 0 Å². The summed E-state index contributed by atoms with van der Waals surface area (Å²) in [5.41, 5.74) is 4.31. The van der Waals surface area contributed by atoms with Crippen LogP contribution < -0.4 is 20.2 Å². The number of rotatable bonds is 11. The Bertz CT molecular complexity index is 1640. The maximum Gasteiger partial charge on any atom is 0.416 e. The molecule has 0 fully saturated rings. The third kappa shape index (κ3) is 8.43. The second kappa shape index (κ2) is 14.1. The van der Waals surface area contributed by atoms with Crippen LogP contribution in [-0.4, -0.2) is 23.7 Å². The zero-order chi connectivity index (χ0) is 30.1. The molecule has 0 spiro atoms. The summed E-state index contributed by atoms with van der Waals surface area (Å²) < 4.78 is 51.4. The lowest BCUT2D eigenvalue weighted by molar-refractivity contribution is -0.137. The number of thiazole rings is 1. The summed E-state index contributed by atoms with van der Waals surface area (Å²) in [7, 11) is 0. The number of nitriles is 1. The molecule has 4 rings (SSSR count). The summed E-state index contributed by atoms with van der Waals surface area (Å²) in [6.45, 7) is 2.44. The van der Waals surface area contributed by atoms with E-state index in [4.69, 9.17) is 9.47 Å². The van der Waals surface area contributed by atoms with Crippen LogP contribution in [0.5, 0.6) is 11.5 Å². The summed E-state index contributed by atoms with van der Waals surface area (Å²) >= 11 is 3.29. The Kier molecular flexibility index (Phi) is 10.4. The molecule has 0 aliphatic rings. The molecule has 13 heteroatoms. The van der Waals surface area contributed by atoms with E-state index in [1.807, 2.05) is 25.1 Å². The highest BCUT2D eigenvalue weighted by Crippen LogP contribution is 2.35. The average Bonchev–Trinajstić information content (AvgIpc) is 3.39. The van der Waals surface area contributed by atoms with E-state index in [0.29, 0.717) is 40.1 Å². The summed E-state index contributed by atoms with van der Waals surface area (Å²) in [6.07, 6.45) is -3.05. The van der Waals surface area contributed by atoms with Crippen LogP contribution in [0.1, 0.15) is 34.9 Å². The number of carbonyl (C=O) groups excluding carboxylic acids is 1. The van der Waals surface area contributed by atoms with E-state index in [2.05, 4.69) is 49.5 Å². The monoisotopic (exact) mass is 705 g/mol. The number of hydrogen-bond donors (Lipinski definition) is 2. The number of ether oxygens (including phenoxy) is 2. The first-order valence-corrected chi connectivity index (χ1v) is 14.4. The van der Waals surface area contributed by atoms with Gasteiger partial charge in [0.15, 0.2) is 16.6 Å². The molecular weight excluding hydrogens is 682 g/mol. The van der Waals surface area contributed by atoms with Gasteiger partial charge in [-0.15, -0.1) is 11.3 Å². The first-order chi connectivity index (χ1) is 20.2. The Morgan fingerprint density at radius 3 is 2.74 bits per heavy atom. The van der Waals surface area contributed by atoms with Crippen molar-refractivity contribution in [3.8, 4) is 17.6 Å². The molecule has 0 aliphatic carbocycles. The quantitative estimate of drug-likeness (QED) is 0.0984. The van der Waals surface area contributed by atoms with Crippen molar-refractivity contribution in [2.75, 3.05) is 11.9 Å². The minimum absolute atomic E-state index is 0.0726. The largest absolute Gasteiger partial charge is 0.490 e. The number of hydrogen-bond acceptors (Lipinski definition) is 8. The molecule has 0 saturated carbocycles. The molecule has 0 aliphatic heterocycles. The van der Waals surface area contributed by atoms with E-state index in [1.165, 1.54) is 29.7 Å². The summed E-state index contributed by atoms with van der Waals surface area (Å²) in [5.74, 6) is 0.609. The van der Waals surface area contributed by atoms with Crippen molar-refractivity contribution in [1.82, 2.24) is 10.4 Å². The van der Waals surface area contributed by atoms with Gasteiger partial charge in [0.05, 0.1) is 45.7 Å². The highest BCUT2D eigenvalue weighted by molar-refractivity contribution is 14.1. The van der Waals surface area contributed by atoms with Crippen molar-refractivity contribution in [1.29, 1.82) is 5.26 Å². The number of benzene rings is 3. The van der Waals surface area contributed by atoms with Crippen molar-refractivity contribution in [3.05, 3.63) is 97.6 Å². The summed E-state index contributed by atoms with van der Waals surface area (Å²) in [6, 6.07) is 17.7. The molecule has 1 amide bonds. The number of alkyl halides is 3. The molecule has 216 valence electrons. The maximum atomic E-state index is 13.0. The Morgan fingerprint density at radius 1 is 1.17 bits per heavy atom. The van der Waals surface area contributed by atoms with Crippen LogP contribution in [-0.2, 0) is 24.0 Å². The third-order valence-corrected chi connectivity index (χ3v) is 7.19. The Labute approximate surface area is 257 Å². The van der Waals surface area contributed by atoms with Crippen molar-refractivity contribution >= 4 is 56.9 Å².